The highest BCUT2D eigenvalue weighted by Crippen LogP contribution is 2.40. The third kappa shape index (κ3) is 4.06. The number of anilines is 1. The molecule has 7 rings (SSSR count). The molecule has 198 valence electrons. The first kappa shape index (κ1) is 24.5. The van der Waals surface area contributed by atoms with Crippen molar-refractivity contribution in [2.75, 3.05) is 5.73 Å². The average molecular weight is 534 g/mol. The molecular formula is C34H27N7. The molecule has 7 heteroatoms. The standard InChI is InChI=1S/C34H27N7/c1-40-32-20-17-24(21-25(32)23-36-40)30-19-18-29(35)22-31(30)33-37-39-41(38-33)34(26-11-5-2-6-12-26,27-13-7-3-8-14-27)28-15-9-4-10-16-28/h2-23H,35H2,1H3. The Morgan fingerprint density at radius 1 is 0.659 bits per heavy atom. The van der Waals surface area contributed by atoms with Crippen LogP contribution >= 0.6 is 0 Å². The number of nitrogens with zero attached hydrogens (tertiary/aromatic N) is 6. The zero-order valence-corrected chi connectivity index (χ0v) is 22.5. The molecule has 5 aromatic carbocycles. The number of aromatic nitrogens is 6. The lowest BCUT2D eigenvalue weighted by Gasteiger charge is -2.34. The van der Waals surface area contributed by atoms with Crippen molar-refractivity contribution in [3.05, 3.63) is 150 Å². The first-order valence-corrected chi connectivity index (χ1v) is 13.4. The maximum Gasteiger partial charge on any atom is 0.205 e. The van der Waals surface area contributed by atoms with E-state index in [1.54, 1.807) is 4.80 Å². The number of hydrogen-bond donors (Lipinski definition) is 1. The fraction of sp³-hybridized carbons (Fsp3) is 0.0588. The van der Waals surface area contributed by atoms with Crippen LogP contribution in [0.1, 0.15) is 16.7 Å². The van der Waals surface area contributed by atoms with Gasteiger partial charge in [0, 0.05) is 23.7 Å². The van der Waals surface area contributed by atoms with Gasteiger partial charge in [-0.25, -0.2) is 0 Å². The molecule has 0 aliphatic heterocycles. The maximum atomic E-state index is 6.31. The Morgan fingerprint density at radius 3 is 1.88 bits per heavy atom. The largest absolute Gasteiger partial charge is 0.399 e. The van der Waals surface area contributed by atoms with E-state index in [1.807, 2.05) is 90.7 Å². The molecule has 2 heterocycles. The first-order chi connectivity index (χ1) is 20.1. The molecule has 0 unspecified atom stereocenters. The van der Waals surface area contributed by atoms with Gasteiger partial charge in [-0.1, -0.05) is 103 Å². The van der Waals surface area contributed by atoms with Gasteiger partial charge < -0.3 is 5.73 Å². The smallest absolute Gasteiger partial charge is 0.205 e. The van der Waals surface area contributed by atoms with Crippen LogP contribution in [0.25, 0.3) is 33.4 Å². The Hall–Kier alpha value is -5.56. The van der Waals surface area contributed by atoms with Crippen LogP contribution < -0.4 is 5.73 Å². The Morgan fingerprint density at radius 2 is 1.27 bits per heavy atom. The van der Waals surface area contributed by atoms with Crippen LogP contribution in [-0.4, -0.2) is 30.0 Å². The number of fused-ring (bicyclic) bond motifs is 1. The minimum absolute atomic E-state index is 0.491. The topological polar surface area (TPSA) is 87.4 Å². The lowest BCUT2D eigenvalue weighted by atomic mass is 9.77. The highest BCUT2D eigenvalue weighted by Gasteiger charge is 2.41. The zero-order valence-electron chi connectivity index (χ0n) is 22.5. The highest BCUT2D eigenvalue weighted by atomic mass is 15.6. The van der Waals surface area contributed by atoms with Gasteiger partial charge in [0.05, 0.1) is 11.7 Å². The van der Waals surface area contributed by atoms with E-state index in [1.165, 1.54) is 0 Å². The van der Waals surface area contributed by atoms with Crippen molar-refractivity contribution < 1.29 is 0 Å². The number of rotatable bonds is 6. The van der Waals surface area contributed by atoms with E-state index in [9.17, 15) is 0 Å². The molecule has 7 nitrogen and oxygen atoms in total. The van der Waals surface area contributed by atoms with Crippen LogP contribution in [0.5, 0.6) is 0 Å². The summed E-state index contributed by atoms with van der Waals surface area (Å²) in [7, 11) is 1.94. The number of nitrogen functional groups attached to an aromatic ring is 1. The molecule has 0 amide bonds. The summed E-state index contributed by atoms with van der Waals surface area (Å²) < 4.78 is 1.87. The molecule has 2 aromatic heterocycles. The number of hydrogen-bond acceptors (Lipinski definition) is 5. The van der Waals surface area contributed by atoms with E-state index < -0.39 is 5.54 Å². The van der Waals surface area contributed by atoms with Crippen LogP contribution in [0.2, 0.25) is 0 Å². The van der Waals surface area contributed by atoms with E-state index in [0.717, 1.165) is 44.3 Å². The minimum atomic E-state index is -0.857. The van der Waals surface area contributed by atoms with Crippen molar-refractivity contribution in [1.82, 2.24) is 30.0 Å². The van der Waals surface area contributed by atoms with Gasteiger partial charge in [-0.3, -0.25) is 4.68 Å². The highest BCUT2D eigenvalue weighted by molar-refractivity contribution is 5.89. The van der Waals surface area contributed by atoms with Gasteiger partial charge in [0.1, 0.15) is 0 Å². The second kappa shape index (κ2) is 9.88. The Balaban J connectivity index is 1.46. The van der Waals surface area contributed by atoms with E-state index >= 15 is 0 Å². The third-order valence-corrected chi connectivity index (χ3v) is 7.63. The summed E-state index contributed by atoms with van der Waals surface area (Å²) >= 11 is 0. The Labute approximate surface area is 237 Å². The monoisotopic (exact) mass is 533 g/mol. The predicted octanol–water partition coefficient (Wildman–Crippen LogP) is 6.32. The Kier molecular flexibility index (Phi) is 5.90. The fourth-order valence-corrected chi connectivity index (χ4v) is 5.68. The molecule has 0 aliphatic rings. The number of tetrazole rings is 1. The number of aryl methyl sites for hydroxylation is 1. The molecule has 0 aliphatic carbocycles. The molecule has 0 fully saturated rings. The summed E-state index contributed by atoms with van der Waals surface area (Å²) in [6.45, 7) is 0. The van der Waals surface area contributed by atoms with Gasteiger partial charge in [0.2, 0.25) is 5.82 Å². The lowest BCUT2D eigenvalue weighted by molar-refractivity contribution is 0.396. The molecular weight excluding hydrogens is 506 g/mol. The summed E-state index contributed by atoms with van der Waals surface area (Å²) in [4.78, 5) is 1.74. The van der Waals surface area contributed by atoms with Crippen molar-refractivity contribution in [3.63, 3.8) is 0 Å². The van der Waals surface area contributed by atoms with E-state index in [4.69, 9.17) is 16.0 Å². The fourth-order valence-electron chi connectivity index (χ4n) is 5.68. The molecule has 0 saturated heterocycles. The van der Waals surface area contributed by atoms with E-state index in [2.05, 4.69) is 64.8 Å². The predicted molar refractivity (Wildman–Crippen MR) is 162 cm³/mol. The number of nitrogens with two attached hydrogens (primary N) is 1. The van der Waals surface area contributed by atoms with Gasteiger partial charge in [-0.15, -0.1) is 15.0 Å². The van der Waals surface area contributed by atoms with Crippen molar-refractivity contribution in [2.45, 2.75) is 5.54 Å². The van der Waals surface area contributed by atoms with Gasteiger partial charge >= 0.3 is 0 Å². The van der Waals surface area contributed by atoms with Crippen LogP contribution in [0.15, 0.2) is 134 Å². The van der Waals surface area contributed by atoms with Crippen LogP contribution in [0.3, 0.4) is 0 Å². The first-order valence-electron chi connectivity index (χ1n) is 13.4. The molecule has 7 aromatic rings. The summed E-state index contributed by atoms with van der Waals surface area (Å²) in [5.41, 5.74) is 13.0. The van der Waals surface area contributed by atoms with Crippen LogP contribution in [-0.2, 0) is 12.6 Å². The van der Waals surface area contributed by atoms with Gasteiger partial charge in [-0.05, 0) is 57.3 Å². The van der Waals surface area contributed by atoms with Crippen LogP contribution in [0.4, 0.5) is 5.69 Å². The van der Waals surface area contributed by atoms with Gasteiger partial charge in [0.15, 0.2) is 5.54 Å². The normalized spacial score (nSPS) is 11.6. The SMILES string of the molecule is Cn1ncc2cc(-c3ccc(N)cc3-c3nnn(C(c4ccccc4)(c4ccccc4)c4ccccc4)n3)ccc21. The van der Waals surface area contributed by atoms with Crippen molar-refractivity contribution >= 4 is 16.6 Å². The van der Waals surface area contributed by atoms with Crippen molar-refractivity contribution in [3.8, 4) is 22.5 Å². The Bertz CT molecular complexity index is 1860. The molecule has 0 spiro atoms. The summed E-state index contributed by atoms with van der Waals surface area (Å²) in [6.07, 6.45) is 1.87. The molecule has 41 heavy (non-hydrogen) atoms. The molecule has 0 radical (unpaired) electrons. The van der Waals surface area contributed by atoms with E-state index in [0.29, 0.717) is 11.5 Å². The molecule has 0 saturated carbocycles. The van der Waals surface area contributed by atoms with Gasteiger partial charge in [-0.2, -0.15) is 5.10 Å². The summed E-state index contributed by atoms with van der Waals surface area (Å²) in [6, 6.07) is 43.1. The zero-order chi connectivity index (χ0) is 27.8. The molecule has 0 atom stereocenters. The maximum absolute atomic E-state index is 6.31. The number of benzene rings is 5. The molecule has 2 N–H and O–H groups in total. The second-order valence-corrected chi connectivity index (χ2v) is 10.1. The lowest BCUT2D eigenvalue weighted by Crippen LogP contribution is -2.39. The summed E-state index contributed by atoms with van der Waals surface area (Å²) in [5.74, 6) is 0.491. The third-order valence-electron chi connectivity index (χ3n) is 7.63. The average Bonchev–Trinajstić information content (AvgIpc) is 3.66. The quantitative estimate of drug-likeness (QED) is 0.200. The van der Waals surface area contributed by atoms with E-state index in [-0.39, 0.29) is 0 Å². The minimum Gasteiger partial charge on any atom is -0.399 e. The summed E-state index contributed by atoms with van der Waals surface area (Å²) in [5, 5.41) is 19.9. The molecule has 0 bridgehead atoms. The van der Waals surface area contributed by atoms with Crippen LogP contribution in [0, 0.1) is 0 Å². The second-order valence-electron chi connectivity index (χ2n) is 10.1. The van der Waals surface area contributed by atoms with Crippen molar-refractivity contribution in [2.24, 2.45) is 7.05 Å². The van der Waals surface area contributed by atoms with Gasteiger partial charge in [0.25, 0.3) is 0 Å². The van der Waals surface area contributed by atoms with Crippen molar-refractivity contribution in [1.29, 1.82) is 0 Å².